The number of hydrogen-bond donors (Lipinski definition) is 1. The Balaban J connectivity index is 1.98. The second-order valence-corrected chi connectivity index (χ2v) is 4.68. The van der Waals surface area contributed by atoms with Gasteiger partial charge in [0.15, 0.2) is 0 Å². The lowest BCUT2D eigenvalue weighted by Gasteiger charge is -2.05. The van der Waals surface area contributed by atoms with Gasteiger partial charge in [-0.15, -0.1) is 0 Å². The monoisotopic (exact) mass is 294 g/mol. The van der Waals surface area contributed by atoms with E-state index in [9.17, 15) is 9.18 Å². The van der Waals surface area contributed by atoms with Crippen LogP contribution in [0, 0.1) is 17.1 Å². The normalized spacial score (nSPS) is 10.8. The second kappa shape index (κ2) is 7.75. The molecule has 1 N–H and O–H groups in total. The number of amides is 1. The van der Waals surface area contributed by atoms with Crippen LogP contribution >= 0.6 is 0 Å². The number of carbonyl (C=O) groups is 1. The van der Waals surface area contributed by atoms with E-state index < -0.39 is 11.7 Å². The van der Waals surface area contributed by atoms with Gasteiger partial charge in [-0.3, -0.25) is 4.79 Å². The van der Waals surface area contributed by atoms with Crippen LogP contribution in [-0.2, 0) is 11.2 Å². The molecule has 0 aliphatic carbocycles. The highest BCUT2D eigenvalue weighted by molar-refractivity contribution is 6.01. The molecule has 0 fully saturated rings. The van der Waals surface area contributed by atoms with Crippen LogP contribution in [0.3, 0.4) is 0 Å². The van der Waals surface area contributed by atoms with Crippen LogP contribution in [0.15, 0.2) is 60.2 Å². The summed E-state index contributed by atoms with van der Waals surface area (Å²) in [6.07, 6.45) is 1.93. The number of benzene rings is 2. The Morgan fingerprint density at radius 2 is 1.82 bits per heavy atom. The third-order valence-electron chi connectivity index (χ3n) is 3.11. The Bertz CT molecular complexity index is 717. The molecule has 0 aromatic heterocycles. The Morgan fingerprint density at radius 1 is 1.14 bits per heavy atom. The first kappa shape index (κ1) is 15.5. The van der Waals surface area contributed by atoms with Crippen molar-refractivity contribution in [2.75, 3.05) is 6.54 Å². The first-order chi connectivity index (χ1) is 10.7. The van der Waals surface area contributed by atoms with Crippen LogP contribution in [0.5, 0.6) is 0 Å². The molecular weight excluding hydrogens is 279 g/mol. The molecule has 0 atom stereocenters. The van der Waals surface area contributed by atoms with Crippen molar-refractivity contribution >= 4 is 12.0 Å². The number of nitrogens with one attached hydrogen (secondary N) is 1. The van der Waals surface area contributed by atoms with Crippen LogP contribution < -0.4 is 5.32 Å². The molecule has 3 nitrogen and oxygen atoms in total. The van der Waals surface area contributed by atoms with Gasteiger partial charge >= 0.3 is 0 Å². The molecule has 0 bridgehead atoms. The van der Waals surface area contributed by atoms with Gasteiger partial charge in [0.2, 0.25) is 0 Å². The fourth-order valence-electron chi connectivity index (χ4n) is 1.96. The van der Waals surface area contributed by atoms with E-state index in [0.717, 1.165) is 5.56 Å². The zero-order valence-corrected chi connectivity index (χ0v) is 11.9. The van der Waals surface area contributed by atoms with E-state index in [-0.39, 0.29) is 11.1 Å². The fourth-order valence-corrected chi connectivity index (χ4v) is 1.96. The van der Waals surface area contributed by atoms with Gasteiger partial charge in [-0.25, -0.2) is 4.39 Å². The molecule has 0 aliphatic heterocycles. The maximum Gasteiger partial charge on any atom is 0.261 e. The molecule has 0 spiro atoms. The largest absolute Gasteiger partial charge is 0.351 e. The summed E-state index contributed by atoms with van der Waals surface area (Å²) >= 11 is 0. The second-order valence-electron chi connectivity index (χ2n) is 4.68. The summed E-state index contributed by atoms with van der Waals surface area (Å²) < 4.78 is 13.5. The predicted molar refractivity (Wildman–Crippen MR) is 83.1 cm³/mol. The average Bonchev–Trinajstić information content (AvgIpc) is 2.55. The standard InChI is InChI=1S/C18H15FN2O/c19-17-9-5-4-8-15(17)12-16(13-20)18(22)21-11-10-14-6-2-1-3-7-14/h1-9,12H,10-11H2,(H,21,22)/b16-12+. The summed E-state index contributed by atoms with van der Waals surface area (Å²) in [5.41, 5.74) is 1.20. The molecule has 0 unspecified atom stereocenters. The van der Waals surface area contributed by atoms with Gasteiger partial charge in [-0.05, 0) is 24.1 Å². The van der Waals surface area contributed by atoms with Crippen molar-refractivity contribution in [3.05, 3.63) is 77.1 Å². The third-order valence-corrected chi connectivity index (χ3v) is 3.11. The first-order valence-corrected chi connectivity index (χ1v) is 6.89. The van der Waals surface area contributed by atoms with Gasteiger partial charge in [-0.1, -0.05) is 48.5 Å². The number of hydrogen-bond acceptors (Lipinski definition) is 2. The van der Waals surface area contributed by atoms with Crippen molar-refractivity contribution in [3.8, 4) is 6.07 Å². The van der Waals surface area contributed by atoms with Gasteiger partial charge in [0.25, 0.3) is 5.91 Å². The lowest BCUT2D eigenvalue weighted by atomic mass is 10.1. The van der Waals surface area contributed by atoms with Gasteiger partial charge < -0.3 is 5.32 Å². The summed E-state index contributed by atoms with van der Waals surface area (Å²) in [6.45, 7) is 0.416. The van der Waals surface area contributed by atoms with Crippen molar-refractivity contribution < 1.29 is 9.18 Å². The van der Waals surface area contributed by atoms with Crippen molar-refractivity contribution in [1.82, 2.24) is 5.32 Å². The fraction of sp³-hybridized carbons (Fsp3) is 0.111. The topological polar surface area (TPSA) is 52.9 Å². The van der Waals surface area contributed by atoms with Crippen LogP contribution in [0.25, 0.3) is 6.08 Å². The number of halogens is 1. The van der Waals surface area contributed by atoms with Crippen molar-refractivity contribution in [1.29, 1.82) is 5.26 Å². The van der Waals surface area contributed by atoms with Crippen LogP contribution in [0.2, 0.25) is 0 Å². The van der Waals surface area contributed by atoms with E-state index in [1.807, 2.05) is 36.4 Å². The highest BCUT2D eigenvalue weighted by Crippen LogP contribution is 2.11. The lowest BCUT2D eigenvalue weighted by molar-refractivity contribution is -0.117. The molecule has 0 saturated carbocycles. The van der Waals surface area contributed by atoms with E-state index >= 15 is 0 Å². The van der Waals surface area contributed by atoms with Gasteiger partial charge in [0.1, 0.15) is 17.5 Å². The Morgan fingerprint density at radius 3 is 2.50 bits per heavy atom. The Hall–Kier alpha value is -2.93. The smallest absolute Gasteiger partial charge is 0.261 e. The zero-order chi connectivity index (χ0) is 15.8. The van der Waals surface area contributed by atoms with E-state index in [0.29, 0.717) is 13.0 Å². The first-order valence-electron chi connectivity index (χ1n) is 6.89. The number of rotatable bonds is 5. The minimum Gasteiger partial charge on any atom is -0.351 e. The van der Waals surface area contributed by atoms with Crippen LogP contribution in [-0.4, -0.2) is 12.5 Å². The number of carbonyl (C=O) groups excluding carboxylic acids is 1. The van der Waals surface area contributed by atoms with Crippen molar-refractivity contribution in [2.45, 2.75) is 6.42 Å². The lowest BCUT2D eigenvalue weighted by Crippen LogP contribution is -2.26. The molecule has 2 rings (SSSR count). The summed E-state index contributed by atoms with van der Waals surface area (Å²) in [6, 6.07) is 17.5. The molecule has 0 heterocycles. The minimum atomic E-state index is -0.498. The number of nitrogens with zero attached hydrogens (tertiary/aromatic N) is 1. The number of nitriles is 1. The average molecular weight is 294 g/mol. The highest BCUT2D eigenvalue weighted by Gasteiger charge is 2.09. The molecule has 110 valence electrons. The van der Waals surface area contributed by atoms with Crippen LogP contribution in [0.4, 0.5) is 4.39 Å². The molecule has 2 aromatic rings. The minimum absolute atomic E-state index is 0.113. The zero-order valence-electron chi connectivity index (χ0n) is 11.9. The SMILES string of the molecule is N#C/C(=C\c1ccccc1F)C(=O)NCCc1ccccc1. The maximum absolute atomic E-state index is 13.5. The molecule has 0 aliphatic rings. The van der Waals surface area contributed by atoms with E-state index in [1.54, 1.807) is 12.1 Å². The summed E-state index contributed by atoms with van der Waals surface area (Å²) in [5.74, 6) is -0.964. The molecule has 1 amide bonds. The third kappa shape index (κ3) is 4.29. The van der Waals surface area contributed by atoms with Crippen LogP contribution in [0.1, 0.15) is 11.1 Å². The summed E-state index contributed by atoms with van der Waals surface area (Å²) in [5, 5.41) is 11.7. The molecule has 2 aromatic carbocycles. The van der Waals surface area contributed by atoms with E-state index in [2.05, 4.69) is 5.32 Å². The van der Waals surface area contributed by atoms with Gasteiger partial charge in [-0.2, -0.15) is 5.26 Å². The van der Waals surface area contributed by atoms with Crippen molar-refractivity contribution in [3.63, 3.8) is 0 Å². The van der Waals surface area contributed by atoms with E-state index in [1.165, 1.54) is 18.2 Å². The molecule has 0 saturated heterocycles. The highest BCUT2D eigenvalue weighted by atomic mass is 19.1. The molecule has 0 radical (unpaired) electrons. The van der Waals surface area contributed by atoms with E-state index in [4.69, 9.17) is 5.26 Å². The summed E-state index contributed by atoms with van der Waals surface area (Å²) in [4.78, 5) is 12.0. The van der Waals surface area contributed by atoms with Gasteiger partial charge in [0.05, 0.1) is 0 Å². The predicted octanol–water partition coefficient (Wildman–Crippen LogP) is 3.09. The van der Waals surface area contributed by atoms with Gasteiger partial charge in [0, 0.05) is 12.1 Å². The molecular formula is C18H15FN2O. The van der Waals surface area contributed by atoms with Crippen molar-refractivity contribution in [2.24, 2.45) is 0 Å². The Kier molecular flexibility index (Phi) is 5.44. The maximum atomic E-state index is 13.5. The molecule has 4 heteroatoms. The molecule has 22 heavy (non-hydrogen) atoms. The Labute approximate surface area is 128 Å². The summed E-state index contributed by atoms with van der Waals surface area (Å²) in [7, 11) is 0. The quantitative estimate of drug-likeness (QED) is 0.680.